The van der Waals surface area contributed by atoms with Gasteiger partial charge in [0, 0.05) is 30.6 Å². The second-order valence-electron chi connectivity index (χ2n) is 9.25. The highest BCUT2D eigenvalue weighted by molar-refractivity contribution is 8.18. The number of nitrogens with one attached hydrogen (secondary N) is 1. The Morgan fingerprint density at radius 3 is 2.84 bits per heavy atom. The fourth-order valence-corrected chi connectivity index (χ4v) is 5.80. The van der Waals surface area contributed by atoms with Crippen LogP contribution < -0.4 is 5.32 Å². The number of thioether (sulfide) groups is 1. The smallest absolute Gasteiger partial charge is 0.383 e. The summed E-state index contributed by atoms with van der Waals surface area (Å²) in [5.74, 6) is -0.304. The molecule has 38 heavy (non-hydrogen) atoms. The summed E-state index contributed by atoms with van der Waals surface area (Å²) in [7, 11) is 3.59. The first-order chi connectivity index (χ1) is 18.1. The van der Waals surface area contributed by atoms with Gasteiger partial charge in [0.2, 0.25) is 0 Å². The predicted octanol–water partition coefficient (Wildman–Crippen LogP) is 5.38. The molecule has 2 atom stereocenters. The number of fused-ring (bicyclic) bond motifs is 1. The quantitative estimate of drug-likeness (QED) is 0.406. The maximum Gasteiger partial charge on any atom is 0.416 e. The zero-order chi connectivity index (χ0) is 27.0. The number of rotatable bonds is 6. The molecular weight excluding hydrogens is 539 g/mol. The van der Waals surface area contributed by atoms with Crippen LogP contribution in [-0.2, 0) is 22.3 Å². The van der Waals surface area contributed by atoms with Crippen molar-refractivity contribution < 1.29 is 22.7 Å². The number of aliphatic imine (C=N–C) groups is 1. The topological polar surface area (TPSA) is 71.8 Å². The van der Waals surface area contributed by atoms with Gasteiger partial charge >= 0.3 is 6.18 Å². The molecule has 1 fully saturated rings. The number of nitrogens with zero attached hydrogens (tertiary/aromatic N) is 4. The molecule has 12 heteroatoms. The minimum absolute atomic E-state index is 0.0246. The van der Waals surface area contributed by atoms with E-state index in [1.54, 1.807) is 25.4 Å². The predicted molar refractivity (Wildman–Crippen MR) is 143 cm³/mol. The van der Waals surface area contributed by atoms with E-state index in [4.69, 9.17) is 16.3 Å². The molecule has 1 amide bonds. The number of halogens is 4. The summed E-state index contributed by atoms with van der Waals surface area (Å²) in [6.45, 7) is 0.574. The van der Waals surface area contributed by atoms with Gasteiger partial charge in [0.05, 0.1) is 41.5 Å². The van der Waals surface area contributed by atoms with Crippen molar-refractivity contribution in [3.8, 4) is 0 Å². The fraction of sp³-hybridized carbons (Fsp3) is 0.346. The second kappa shape index (κ2) is 10.7. The van der Waals surface area contributed by atoms with E-state index in [0.29, 0.717) is 22.2 Å². The van der Waals surface area contributed by atoms with Crippen molar-refractivity contribution in [2.45, 2.75) is 37.8 Å². The lowest BCUT2D eigenvalue weighted by Crippen LogP contribution is -2.44. The molecule has 1 aromatic heterocycles. The molecule has 3 heterocycles. The second-order valence-corrected chi connectivity index (χ2v) is 10.7. The molecule has 0 spiro atoms. The van der Waals surface area contributed by atoms with E-state index in [1.807, 2.05) is 24.1 Å². The lowest BCUT2D eigenvalue weighted by Gasteiger charge is -2.26. The number of carbonyl (C=O) groups excluding carboxylic acids is 1. The standard InChI is InChI=1S/C26H25ClF3N5O2S/c1-34(23-8-6-19(32-23)14-37-2)25-33-24(36)22(38-25)10-15-3-7-21-17(9-15)12-31-35(21)13-16-4-5-18(27)11-20(16)26(28,29)30/h3-5,7,9-12,19,23,32H,6,8,13-14H2,1-2H3/b22-10-/t19-,23?/m0/s1. The fourth-order valence-electron chi connectivity index (χ4n) is 4.70. The highest BCUT2D eigenvalue weighted by Gasteiger charge is 2.34. The Bertz CT molecular complexity index is 1440. The Balaban J connectivity index is 1.31. The number of hydrogen-bond donors (Lipinski definition) is 1. The molecule has 2 aromatic carbocycles. The van der Waals surface area contributed by atoms with Crippen molar-refractivity contribution in [1.82, 2.24) is 20.0 Å². The summed E-state index contributed by atoms with van der Waals surface area (Å²) in [5.41, 5.74) is 0.739. The third-order valence-corrected chi connectivity index (χ3v) is 7.93. The molecule has 1 unspecified atom stereocenters. The molecule has 2 aliphatic rings. The zero-order valence-corrected chi connectivity index (χ0v) is 22.2. The summed E-state index contributed by atoms with van der Waals surface area (Å²) in [6.07, 6.45) is 0.836. The number of amides is 1. The van der Waals surface area contributed by atoms with Gasteiger partial charge in [-0.25, -0.2) is 0 Å². The van der Waals surface area contributed by atoms with E-state index in [9.17, 15) is 18.0 Å². The largest absolute Gasteiger partial charge is 0.416 e. The Morgan fingerprint density at radius 2 is 2.08 bits per heavy atom. The molecule has 0 saturated carbocycles. The maximum atomic E-state index is 13.5. The summed E-state index contributed by atoms with van der Waals surface area (Å²) in [4.78, 5) is 19.3. The van der Waals surface area contributed by atoms with Gasteiger partial charge in [0.15, 0.2) is 5.17 Å². The van der Waals surface area contributed by atoms with Gasteiger partial charge in [0.1, 0.15) is 0 Å². The number of aromatic nitrogens is 2. The van der Waals surface area contributed by atoms with E-state index in [-0.39, 0.29) is 35.2 Å². The van der Waals surface area contributed by atoms with Crippen molar-refractivity contribution in [3.63, 3.8) is 0 Å². The number of amidine groups is 1. The van der Waals surface area contributed by atoms with Gasteiger partial charge in [-0.2, -0.15) is 23.3 Å². The third kappa shape index (κ3) is 5.61. The average Bonchev–Trinajstić information content (AvgIpc) is 3.59. The van der Waals surface area contributed by atoms with Gasteiger partial charge in [0.25, 0.3) is 5.91 Å². The summed E-state index contributed by atoms with van der Waals surface area (Å²) in [5, 5.41) is 9.20. The SMILES string of the molecule is COC[C@@H]1CCC(N(C)C2=NC(=O)/C(=C/c3ccc4c(cnn4Cc4ccc(Cl)cc4C(F)(F)F)c3)S2)N1. The van der Waals surface area contributed by atoms with E-state index >= 15 is 0 Å². The van der Waals surface area contributed by atoms with Crippen LogP contribution in [0.25, 0.3) is 17.0 Å². The molecule has 1 N–H and O–H groups in total. The Labute approximate surface area is 226 Å². The summed E-state index contributed by atoms with van der Waals surface area (Å²) < 4.78 is 47.3. The average molecular weight is 564 g/mol. The van der Waals surface area contributed by atoms with Crippen LogP contribution in [0.3, 0.4) is 0 Å². The highest BCUT2D eigenvalue weighted by Crippen LogP contribution is 2.35. The molecule has 2 aliphatic heterocycles. The zero-order valence-electron chi connectivity index (χ0n) is 20.6. The number of carbonyl (C=O) groups is 1. The van der Waals surface area contributed by atoms with Crippen LogP contribution in [-0.4, -0.2) is 58.7 Å². The van der Waals surface area contributed by atoms with E-state index in [2.05, 4.69) is 15.4 Å². The molecule has 0 radical (unpaired) electrons. The van der Waals surface area contributed by atoms with Crippen LogP contribution in [0, 0.1) is 0 Å². The van der Waals surface area contributed by atoms with E-state index < -0.39 is 11.7 Å². The molecule has 0 bridgehead atoms. The molecular formula is C26H25ClF3N5O2S. The normalized spacial score (nSPS) is 21.1. The van der Waals surface area contributed by atoms with Gasteiger partial charge < -0.3 is 9.64 Å². The maximum absolute atomic E-state index is 13.5. The Kier molecular flexibility index (Phi) is 7.54. The molecule has 3 aromatic rings. The van der Waals surface area contributed by atoms with Gasteiger partial charge in [-0.1, -0.05) is 23.7 Å². The van der Waals surface area contributed by atoms with Crippen molar-refractivity contribution >= 4 is 51.4 Å². The minimum atomic E-state index is -4.53. The molecule has 0 aliphatic carbocycles. The van der Waals surface area contributed by atoms with Gasteiger partial charge in [-0.3, -0.25) is 14.8 Å². The molecule has 7 nitrogen and oxygen atoms in total. The van der Waals surface area contributed by atoms with E-state index in [0.717, 1.165) is 29.9 Å². The van der Waals surface area contributed by atoms with E-state index in [1.165, 1.54) is 28.6 Å². The van der Waals surface area contributed by atoms with Crippen LogP contribution in [0.2, 0.25) is 5.02 Å². The van der Waals surface area contributed by atoms with Crippen LogP contribution >= 0.6 is 23.4 Å². The van der Waals surface area contributed by atoms with Crippen LogP contribution in [0.4, 0.5) is 13.2 Å². The molecule has 5 rings (SSSR count). The Hall–Kier alpha value is -2.86. The van der Waals surface area contributed by atoms with Crippen LogP contribution in [0.5, 0.6) is 0 Å². The summed E-state index contributed by atoms with van der Waals surface area (Å²) >= 11 is 7.12. The van der Waals surface area contributed by atoms with Crippen LogP contribution in [0.15, 0.2) is 52.5 Å². The number of ether oxygens (including phenoxy) is 1. The van der Waals surface area contributed by atoms with Crippen molar-refractivity contribution in [2.75, 3.05) is 20.8 Å². The van der Waals surface area contributed by atoms with Crippen LogP contribution in [0.1, 0.15) is 29.5 Å². The first-order valence-corrected chi connectivity index (χ1v) is 13.1. The lowest BCUT2D eigenvalue weighted by molar-refractivity contribution is -0.138. The van der Waals surface area contributed by atoms with Crippen molar-refractivity contribution in [3.05, 3.63) is 69.2 Å². The highest BCUT2D eigenvalue weighted by atomic mass is 35.5. The Morgan fingerprint density at radius 1 is 1.26 bits per heavy atom. The summed E-state index contributed by atoms with van der Waals surface area (Å²) in [6, 6.07) is 9.45. The van der Waals surface area contributed by atoms with Gasteiger partial charge in [-0.05, 0) is 66.1 Å². The first kappa shape index (κ1) is 26.7. The minimum Gasteiger partial charge on any atom is -0.383 e. The van der Waals surface area contributed by atoms with Gasteiger partial charge in [-0.15, -0.1) is 0 Å². The lowest BCUT2D eigenvalue weighted by atomic mass is 10.1. The number of hydrogen-bond acceptors (Lipinski definition) is 6. The number of alkyl halides is 3. The molecule has 200 valence electrons. The number of methoxy groups -OCH3 is 1. The number of benzene rings is 2. The molecule has 1 saturated heterocycles. The first-order valence-electron chi connectivity index (χ1n) is 11.9. The van der Waals surface area contributed by atoms with Crippen molar-refractivity contribution in [2.24, 2.45) is 4.99 Å². The monoisotopic (exact) mass is 563 g/mol. The third-order valence-electron chi connectivity index (χ3n) is 6.62. The van der Waals surface area contributed by atoms with Crippen molar-refractivity contribution in [1.29, 1.82) is 0 Å².